The molecule has 1 aromatic rings. The Morgan fingerprint density at radius 3 is 2.81 bits per heavy atom. The van der Waals surface area contributed by atoms with Crippen LogP contribution in [0, 0.1) is 5.92 Å². The van der Waals surface area contributed by atoms with E-state index in [1.807, 2.05) is 6.20 Å². The summed E-state index contributed by atoms with van der Waals surface area (Å²) in [4.78, 5) is 26.5. The van der Waals surface area contributed by atoms with Crippen molar-refractivity contribution in [1.82, 2.24) is 14.9 Å². The Balaban J connectivity index is 1.42. The SMILES string of the molecule is O=C(C1CCC1)N1CC[C@@]2(COCc3cnc(N4CCOCC4)nc32)C1. The van der Waals surface area contributed by atoms with Crippen LogP contribution < -0.4 is 4.90 Å². The summed E-state index contributed by atoms with van der Waals surface area (Å²) in [5.41, 5.74) is 2.01. The number of nitrogens with zero attached hydrogens (tertiary/aromatic N) is 4. The van der Waals surface area contributed by atoms with Crippen molar-refractivity contribution in [1.29, 1.82) is 0 Å². The number of rotatable bonds is 2. The Morgan fingerprint density at radius 1 is 1.19 bits per heavy atom. The lowest BCUT2D eigenvalue weighted by atomic mass is 9.80. The zero-order valence-electron chi connectivity index (χ0n) is 15.2. The number of hydrogen-bond acceptors (Lipinski definition) is 6. The van der Waals surface area contributed by atoms with Crippen molar-refractivity contribution in [3.63, 3.8) is 0 Å². The molecule has 0 N–H and O–H groups in total. The van der Waals surface area contributed by atoms with E-state index in [-0.39, 0.29) is 11.3 Å². The van der Waals surface area contributed by atoms with E-state index in [4.69, 9.17) is 14.5 Å². The molecule has 1 aliphatic carbocycles. The second-order valence-corrected chi connectivity index (χ2v) is 8.05. The van der Waals surface area contributed by atoms with E-state index < -0.39 is 0 Å². The topological polar surface area (TPSA) is 67.8 Å². The van der Waals surface area contributed by atoms with Gasteiger partial charge >= 0.3 is 0 Å². The summed E-state index contributed by atoms with van der Waals surface area (Å²) in [6, 6.07) is 0. The number of morpholine rings is 1. The van der Waals surface area contributed by atoms with Crippen molar-refractivity contribution in [2.45, 2.75) is 37.7 Å². The van der Waals surface area contributed by atoms with E-state index >= 15 is 0 Å². The first kappa shape index (κ1) is 16.4. The molecule has 7 heteroatoms. The van der Waals surface area contributed by atoms with Gasteiger partial charge in [-0.1, -0.05) is 6.42 Å². The first-order valence-electron chi connectivity index (χ1n) is 9.81. The molecule has 1 atom stereocenters. The highest BCUT2D eigenvalue weighted by molar-refractivity contribution is 5.80. The lowest BCUT2D eigenvalue weighted by molar-refractivity contribution is -0.137. The van der Waals surface area contributed by atoms with Crippen LogP contribution in [0.15, 0.2) is 6.20 Å². The molecule has 0 unspecified atom stereocenters. The normalized spacial score (nSPS) is 28.9. The predicted octanol–water partition coefficient (Wildman–Crippen LogP) is 1.11. The van der Waals surface area contributed by atoms with E-state index in [2.05, 4.69) is 14.8 Å². The van der Waals surface area contributed by atoms with E-state index in [9.17, 15) is 4.79 Å². The molecule has 5 rings (SSSR count). The zero-order valence-corrected chi connectivity index (χ0v) is 15.2. The van der Waals surface area contributed by atoms with Crippen LogP contribution in [-0.4, -0.2) is 66.8 Å². The number of hydrogen-bond donors (Lipinski definition) is 0. The Kier molecular flexibility index (Phi) is 4.09. The largest absolute Gasteiger partial charge is 0.378 e. The number of carbonyl (C=O) groups is 1. The van der Waals surface area contributed by atoms with E-state index in [0.29, 0.717) is 19.1 Å². The van der Waals surface area contributed by atoms with Gasteiger partial charge in [0, 0.05) is 43.9 Å². The average molecular weight is 358 g/mol. The van der Waals surface area contributed by atoms with Crippen molar-refractivity contribution in [3.8, 4) is 0 Å². The molecule has 0 radical (unpaired) electrons. The van der Waals surface area contributed by atoms with Crippen LogP contribution in [0.2, 0.25) is 0 Å². The lowest BCUT2D eigenvalue weighted by Gasteiger charge is -2.36. The lowest BCUT2D eigenvalue weighted by Crippen LogP contribution is -2.44. The molecule has 1 spiro atoms. The van der Waals surface area contributed by atoms with Gasteiger partial charge < -0.3 is 19.3 Å². The van der Waals surface area contributed by atoms with Crippen molar-refractivity contribution >= 4 is 11.9 Å². The Hall–Kier alpha value is -1.73. The van der Waals surface area contributed by atoms with Crippen LogP contribution in [0.1, 0.15) is 36.9 Å². The summed E-state index contributed by atoms with van der Waals surface area (Å²) in [6.45, 7) is 5.86. The molecular weight excluding hydrogens is 332 g/mol. The van der Waals surface area contributed by atoms with Crippen LogP contribution in [-0.2, 0) is 26.3 Å². The van der Waals surface area contributed by atoms with Gasteiger partial charge in [0.25, 0.3) is 0 Å². The van der Waals surface area contributed by atoms with Gasteiger partial charge in [0.05, 0.1) is 37.5 Å². The smallest absolute Gasteiger partial charge is 0.225 e. The summed E-state index contributed by atoms with van der Waals surface area (Å²) in [6.07, 6.45) is 6.15. The Morgan fingerprint density at radius 2 is 2.04 bits per heavy atom. The minimum absolute atomic E-state index is 0.170. The van der Waals surface area contributed by atoms with Crippen LogP contribution in [0.25, 0.3) is 0 Å². The van der Waals surface area contributed by atoms with E-state index in [1.165, 1.54) is 6.42 Å². The van der Waals surface area contributed by atoms with Gasteiger partial charge in [0.15, 0.2) is 0 Å². The van der Waals surface area contributed by atoms with Crippen LogP contribution >= 0.6 is 0 Å². The molecule has 1 saturated carbocycles. The van der Waals surface area contributed by atoms with Gasteiger partial charge in [0.2, 0.25) is 11.9 Å². The molecule has 1 amide bonds. The fraction of sp³-hybridized carbons (Fsp3) is 0.737. The summed E-state index contributed by atoms with van der Waals surface area (Å²) in [7, 11) is 0. The fourth-order valence-electron chi connectivity index (χ4n) is 4.59. The third-order valence-electron chi connectivity index (χ3n) is 6.40. The Bertz CT molecular complexity index is 702. The maximum Gasteiger partial charge on any atom is 0.225 e. The third kappa shape index (κ3) is 2.68. The molecule has 4 heterocycles. The first-order valence-corrected chi connectivity index (χ1v) is 9.81. The third-order valence-corrected chi connectivity index (χ3v) is 6.40. The monoisotopic (exact) mass is 358 g/mol. The number of fused-ring (bicyclic) bond motifs is 2. The van der Waals surface area contributed by atoms with Crippen LogP contribution in [0.5, 0.6) is 0 Å². The molecule has 0 aromatic carbocycles. The molecule has 4 aliphatic rings. The second kappa shape index (κ2) is 6.46. The zero-order chi connectivity index (χ0) is 17.6. The number of likely N-dealkylation sites (tertiary alicyclic amines) is 1. The number of carbonyl (C=O) groups excluding carboxylic acids is 1. The standard InChI is InChI=1S/C19H26N4O3/c24-17(14-2-1-3-14)23-5-4-19(12-23)13-26-11-15-10-20-18(21-16(15)19)22-6-8-25-9-7-22/h10,14H,1-9,11-13H2/t19-/m0/s1. The molecule has 7 nitrogen and oxygen atoms in total. The van der Waals surface area contributed by atoms with Gasteiger partial charge in [-0.3, -0.25) is 4.79 Å². The molecule has 0 bridgehead atoms. The number of aromatic nitrogens is 2. The maximum atomic E-state index is 12.7. The molecule has 3 fully saturated rings. The fourth-order valence-corrected chi connectivity index (χ4v) is 4.59. The minimum atomic E-state index is -0.170. The highest BCUT2D eigenvalue weighted by Crippen LogP contribution is 2.41. The molecule has 1 aromatic heterocycles. The van der Waals surface area contributed by atoms with Gasteiger partial charge in [-0.25, -0.2) is 9.97 Å². The Labute approximate surface area is 153 Å². The summed E-state index contributed by atoms with van der Waals surface area (Å²) >= 11 is 0. The molecular formula is C19H26N4O3. The van der Waals surface area contributed by atoms with Crippen molar-refractivity contribution < 1.29 is 14.3 Å². The summed E-state index contributed by atoms with van der Waals surface area (Å²) < 4.78 is 11.3. The summed E-state index contributed by atoms with van der Waals surface area (Å²) in [5, 5.41) is 0. The van der Waals surface area contributed by atoms with Gasteiger partial charge in [-0.2, -0.15) is 0 Å². The number of amides is 1. The molecule has 3 aliphatic heterocycles. The quantitative estimate of drug-likeness (QED) is 0.789. The highest BCUT2D eigenvalue weighted by atomic mass is 16.5. The molecule has 2 saturated heterocycles. The van der Waals surface area contributed by atoms with Crippen LogP contribution in [0.3, 0.4) is 0 Å². The molecule has 140 valence electrons. The molecule has 26 heavy (non-hydrogen) atoms. The van der Waals surface area contributed by atoms with Gasteiger partial charge in [-0.15, -0.1) is 0 Å². The van der Waals surface area contributed by atoms with Crippen molar-refractivity contribution in [3.05, 3.63) is 17.5 Å². The maximum absolute atomic E-state index is 12.7. The second-order valence-electron chi connectivity index (χ2n) is 8.05. The van der Waals surface area contributed by atoms with E-state index in [0.717, 1.165) is 75.9 Å². The number of anilines is 1. The van der Waals surface area contributed by atoms with Gasteiger partial charge in [-0.05, 0) is 19.3 Å². The van der Waals surface area contributed by atoms with Crippen molar-refractivity contribution in [2.24, 2.45) is 5.92 Å². The van der Waals surface area contributed by atoms with Crippen molar-refractivity contribution in [2.75, 3.05) is 50.9 Å². The van der Waals surface area contributed by atoms with E-state index in [1.54, 1.807) is 0 Å². The number of ether oxygens (including phenoxy) is 2. The summed E-state index contributed by atoms with van der Waals surface area (Å²) in [5.74, 6) is 1.38. The predicted molar refractivity (Wildman–Crippen MR) is 94.9 cm³/mol. The first-order chi connectivity index (χ1) is 12.8. The average Bonchev–Trinajstić information content (AvgIpc) is 3.06. The van der Waals surface area contributed by atoms with Crippen LogP contribution in [0.4, 0.5) is 5.95 Å². The van der Waals surface area contributed by atoms with Gasteiger partial charge in [0.1, 0.15) is 0 Å². The minimum Gasteiger partial charge on any atom is -0.378 e. The highest BCUT2D eigenvalue weighted by Gasteiger charge is 2.47.